The van der Waals surface area contributed by atoms with Gasteiger partial charge in [0, 0.05) is 25.1 Å². The molecule has 0 bridgehead atoms. The lowest BCUT2D eigenvalue weighted by atomic mass is 10.1. The number of unbranched alkanes of at least 4 members (excludes halogenated alkanes) is 1. The lowest BCUT2D eigenvalue weighted by molar-refractivity contribution is -0.121. The first kappa shape index (κ1) is 23.2. The van der Waals surface area contributed by atoms with Crippen LogP contribution < -0.4 is 10.1 Å². The zero-order valence-electron chi connectivity index (χ0n) is 18.6. The van der Waals surface area contributed by atoms with E-state index in [0.717, 1.165) is 60.7 Å². The minimum absolute atomic E-state index is 0.0854. The Kier molecular flexibility index (Phi) is 9.31. The summed E-state index contributed by atoms with van der Waals surface area (Å²) in [6.45, 7) is 8.42. The Labute approximate surface area is 189 Å². The number of aryl methyl sites for hydroxylation is 1. The largest absolute Gasteiger partial charge is 0.492 e. The highest BCUT2D eigenvalue weighted by molar-refractivity contribution is 7.18. The fourth-order valence-corrected chi connectivity index (χ4v) is 4.50. The van der Waals surface area contributed by atoms with Crippen molar-refractivity contribution in [1.29, 1.82) is 0 Å². The van der Waals surface area contributed by atoms with E-state index in [1.807, 2.05) is 42.5 Å². The summed E-state index contributed by atoms with van der Waals surface area (Å²) in [6.07, 6.45) is 3.30. The van der Waals surface area contributed by atoms with Crippen molar-refractivity contribution < 1.29 is 9.53 Å². The van der Waals surface area contributed by atoms with E-state index in [-0.39, 0.29) is 5.91 Å². The number of hydrogen-bond acceptors (Lipinski definition) is 5. The molecule has 166 valence electrons. The highest BCUT2D eigenvalue weighted by Gasteiger charge is 2.08. The SMILES string of the molecule is CCN(CC)CCOc1ccccc1CNC(=O)CCCCc1nc2ccccc2s1. The van der Waals surface area contributed by atoms with E-state index in [1.54, 1.807) is 11.3 Å². The molecule has 0 atom stereocenters. The third-order valence-corrected chi connectivity index (χ3v) is 6.49. The first-order valence-electron chi connectivity index (χ1n) is 11.2. The lowest BCUT2D eigenvalue weighted by Gasteiger charge is -2.19. The number of amides is 1. The minimum Gasteiger partial charge on any atom is -0.492 e. The van der Waals surface area contributed by atoms with Gasteiger partial charge >= 0.3 is 0 Å². The van der Waals surface area contributed by atoms with Crippen LogP contribution >= 0.6 is 11.3 Å². The molecule has 0 aliphatic carbocycles. The second-order valence-electron chi connectivity index (χ2n) is 7.54. The number of para-hydroxylation sites is 2. The van der Waals surface area contributed by atoms with Gasteiger partial charge in [-0.2, -0.15) is 0 Å². The lowest BCUT2D eigenvalue weighted by Crippen LogP contribution is -2.28. The normalized spacial score (nSPS) is 11.2. The van der Waals surface area contributed by atoms with Gasteiger partial charge in [-0.3, -0.25) is 4.79 Å². The van der Waals surface area contributed by atoms with Gasteiger partial charge < -0.3 is 15.0 Å². The van der Waals surface area contributed by atoms with E-state index in [4.69, 9.17) is 4.74 Å². The topological polar surface area (TPSA) is 54.5 Å². The predicted molar refractivity (Wildman–Crippen MR) is 129 cm³/mol. The number of aromatic nitrogens is 1. The maximum atomic E-state index is 12.3. The van der Waals surface area contributed by atoms with E-state index < -0.39 is 0 Å². The molecule has 1 amide bonds. The van der Waals surface area contributed by atoms with Crippen molar-refractivity contribution in [2.45, 2.75) is 46.1 Å². The van der Waals surface area contributed by atoms with E-state index in [2.05, 4.69) is 35.1 Å². The Morgan fingerprint density at radius 3 is 2.65 bits per heavy atom. The molecule has 2 aromatic carbocycles. The van der Waals surface area contributed by atoms with Crippen LogP contribution in [0.5, 0.6) is 5.75 Å². The summed E-state index contributed by atoms with van der Waals surface area (Å²) in [5.74, 6) is 0.938. The summed E-state index contributed by atoms with van der Waals surface area (Å²) >= 11 is 1.75. The standard InChI is InChI=1S/C25H33N3O2S/c1-3-28(4-2)17-18-30-22-13-7-5-11-20(22)19-26-24(29)15-9-10-16-25-27-21-12-6-8-14-23(21)31-25/h5-8,11-14H,3-4,9-10,15-19H2,1-2H3,(H,26,29). The molecule has 1 N–H and O–H groups in total. The molecule has 0 spiro atoms. The number of benzene rings is 2. The molecule has 31 heavy (non-hydrogen) atoms. The molecule has 6 heteroatoms. The molecule has 5 nitrogen and oxygen atoms in total. The van der Waals surface area contributed by atoms with Crippen LogP contribution in [0.15, 0.2) is 48.5 Å². The highest BCUT2D eigenvalue weighted by Crippen LogP contribution is 2.23. The van der Waals surface area contributed by atoms with Crippen LogP contribution in [0.2, 0.25) is 0 Å². The van der Waals surface area contributed by atoms with E-state index in [0.29, 0.717) is 19.6 Å². The Hall–Kier alpha value is -2.44. The maximum absolute atomic E-state index is 12.3. The quantitative estimate of drug-likeness (QED) is 0.379. The van der Waals surface area contributed by atoms with Gasteiger partial charge in [-0.25, -0.2) is 4.98 Å². The monoisotopic (exact) mass is 439 g/mol. The van der Waals surface area contributed by atoms with Crippen molar-refractivity contribution in [3.05, 3.63) is 59.1 Å². The molecule has 0 radical (unpaired) electrons. The Morgan fingerprint density at radius 2 is 1.84 bits per heavy atom. The van der Waals surface area contributed by atoms with E-state index in [9.17, 15) is 4.79 Å². The number of rotatable bonds is 13. The fourth-order valence-electron chi connectivity index (χ4n) is 3.49. The first-order valence-corrected chi connectivity index (χ1v) is 12.1. The number of carbonyl (C=O) groups is 1. The van der Waals surface area contributed by atoms with Crippen LogP contribution in [-0.4, -0.2) is 42.0 Å². The predicted octanol–water partition coefficient (Wildman–Crippen LogP) is 5.05. The number of likely N-dealkylation sites (N-methyl/N-ethyl adjacent to an activating group) is 1. The minimum atomic E-state index is 0.0854. The molecule has 0 aliphatic rings. The van der Waals surface area contributed by atoms with Gasteiger partial charge in [0.15, 0.2) is 0 Å². The fraction of sp³-hybridized carbons (Fsp3) is 0.440. The number of carbonyl (C=O) groups excluding carboxylic acids is 1. The number of nitrogens with one attached hydrogen (secondary N) is 1. The van der Waals surface area contributed by atoms with Gasteiger partial charge in [-0.15, -0.1) is 11.3 Å². The highest BCUT2D eigenvalue weighted by atomic mass is 32.1. The van der Waals surface area contributed by atoms with Crippen molar-refractivity contribution >= 4 is 27.5 Å². The van der Waals surface area contributed by atoms with Crippen LogP contribution in [0.1, 0.15) is 43.7 Å². The first-order chi connectivity index (χ1) is 15.2. The molecular formula is C25H33N3O2S. The molecule has 0 unspecified atom stereocenters. The molecular weight excluding hydrogens is 406 g/mol. The molecule has 3 aromatic rings. The molecule has 1 heterocycles. The Morgan fingerprint density at radius 1 is 1.06 bits per heavy atom. The summed E-state index contributed by atoms with van der Waals surface area (Å²) in [7, 11) is 0. The van der Waals surface area contributed by atoms with E-state index >= 15 is 0 Å². The molecule has 3 rings (SSSR count). The van der Waals surface area contributed by atoms with Crippen LogP contribution in [0.25, 0.3) is 10.2 Å². The third-order valence-electron chi connectivity index (χ3n) is 5.39. The number of fused-ring (bicyclic) bond motifs is 1. The van der Waals surface area contributed by atoms with Crippen molar-refractivity contribution in [3.8, 4) is 5.75 Å². The summed E-state index contributed by atoms with van der Waals surface area (Å²) in [5, 5.41) is 4.19. The second kappa shape index (κ2) is 12.4. The van der Waals surface area contributed by atoms with Gasteiger partial charge in [0.25, 0.3) is 0 Å². The van der Waals surface area contributed by atoms with Crippen molar-refractivity contribution in [3.63, 3.8) is 0 Å². The van der Waals surface area contributed by atoms with Crippen molar-refractivity contribution in [2.24, 2.45) is 0 Å². The molecule has 0 fully saturated rings. The number of hydrogen-bond donors (Lipinski definition) is 1. The summed E-state index contributed by atoms with van der Waals surface area (Å²) in [4.78, 5) is 19.3. The second-order valence-corrected chi connectivity index (χ2v) is 8.66. The molecule has 1 aromatic heterocycles. The van der Waals surface area contributed by atoms with Gasteiger partial charge in [-0.1, -0.05) is 44.2 Å². The van der Waals surface area contributed by atoms with Gasteiger partial charge in [0.1, 0.15) is 12.4 Å². The average Bonchev–Trinajstić information content (AvgIpc) is 3.22. The van der Waals surface area contributed by atoms with E-state index in [1.165, 1.54) is 4.70 Å². The van der Waals surface area contributed by atoms with Crippen LogP contribution in [0.3, 0.4) is 0 Å². The third kappa shape index (κ3) is 7.33. The molecule has 0 saturated heterocycles. The van der Waals surface area contributed by atoms with Crippen molar-refractivity contribution in [2.75, 3.05) is 26.2 Å². The number of thiazole rings is 1. The summed E-state index contributed by atoms with van der Waals surface area (Å²) < 4.78 is 7.21. The summed E-state index contributed by atoms with van der Waals surface area (Å²) in [5.41, 5.74) is 2.09. The Bertz CT molecular complexity index is 920. The molecule has 0 aliphatic heterocycles. The Balaban J connectivity index is 1.37. The van der Waals surface area contributed by atoms with Crippen molar-refractivity contribution in [1.82, 2.24) is 15.2 Å². The maximum Gasteiger partial charge on any atom is 0.220 e. The van der Waals surface area contributed by atoms with Crippen LogP contribution in [0.4, 0.5) is 0 Å². The number of ether oxygens (including phenoxy) is 1. The smallest absolute Gasteiger partial charge is 0.220 e. The van der Waals surface area contributed by atoms with Gasteiger partial charge in [0.2, 0.25) is 5.91 Å². The van der Waals surface area contributed by atoms with Crippen LogP contribution in [0, 0.1) is 0 Å². The zero-order chi connectivity index (χ0) is 21.9. The van der Waals surface area contributed by atoms with Gasteiger partial charge in [0.05, 0.1) is 15.2 Å². The van der Waals surface area contributed by atoms with Gasteiger partial charge in [-0.05, 0) is 50.6 Å². The van der Waals surface area contributed by atoms with Crippen LogP contribution in [-0.2, 0) is 17.8 Å². The summed E-state index contributed by atoms with van der Waals surface area (Å²) in [6, 6.07) is 16.2. The molecule has 0 saturated carbocycles. The average molecular weight is 440 g/mol. The number of nitrogens with zero attached hydrogens (tertiary/aromatic N) is 2. The zero-order valence-corrected chi connectivity index (χ0v) is 19.4.